The Labute approximate surface area is 102 Å². The Morgan fingerprint density at radius 1 is 1.35 bits per heavy atom. The largest absolute Gasteiger partial charge is 0.347 e. The van der Waals surface area contributed by atoms with Gasteiger partial charge in [-0.15, -0.1) is 0 Å². The van der Waals surface area contributed by atoms with Crippen molar-refractivity contribution in [2.24, 2.45) is 0 Å². The van der Waals surface area contributed by atoms with Crippen LogP contribution in [0.4, 0.5) is 5.95 Å². The molecule has 0 aliphatic rings. The van der Waals surface area contributed by atoms with Crippen LogP contribution >= 0.6 is 0 Å². The molecule has 0 aromatic carbocycles. The molecule has 0 fully saturated rings. The third kappa shape index (κ3) is 3.69. The maximum atomic E-state index is 11.9. The van der Waals surface area contributed by atoms with E-state index in [-0.39, 0.29) is 11.4 Å². The molecule has 0 spiro atoms. The molecule has 5 nitrogen and oxygen atoms in total. The van der Waals surface area contributed by atoms with Crippen molar-refractivity contribution in [3.63, 3.8) is 0 Å². The minimum Gasteiger partial charge on any atom is -0.347 e. The van der Waals surface area contributed by atoms with E-state index < -0.39 is 0 Å². The number of rotatable bonds is 4. The number of carbonyl (C=O) groups excluding carboxylic acids is 1. The third-order valence-electron chi connectivity index (χ3n) is 2.64. The molecule has 0 unspecified atom stereocenters. The van der Waals surface area contributed by atoms with Crippen molar-refractivity contribution >= 4 is 11.9 Å². The van der Waals surface area contributed by atoms with Gasteiger partial charge < -0.3 is 10.2 Å². The fourth-order valence-electron chi connectivity index (χ4n) is 1.14. The van der Waals surface area contributed by atoms with Crippen LogP contribution in [0.25, 0.3) is 0 Å². The lowest BCUT2D eigenvalue weighted by Gasteiger charge is -2.24. The topological polar surface area (TPSA) is 58.1 Å². The summed E-state index contributed by atoms with van der Waals surface area (Å²) >= 11 is 0. The summed E-state index contributed by atoms with van der Waals surface area (Å²) in [6.07, 6.45) is 3.96. The molecular formula is C12H20N4O. The zero-order valence-corrected chi connectivity index (χ0v) is 11.1. The number of nitrogens with one attached hydrogen (secondary N) is 1. The molecule has 1 heterocycles. The van der Waals surface area contributed by atoms with E-state index in [9.17, 15) is 4.79 Å². The van der Waals surface area contributed by atoms with E-state index in [1.54, 1.807) is 17.3 Å². The maximum absolute atomic E-state index is 11.9. The summed E-state index contributed by atoms with van der Waals surface area (Å²) < 4.78 is 0. The summed E-state index contributed by atoms with van der Waals surface area (Å²) in [7, 11) is 3.71. The molecule has 0 radical (unpaired) electrons. The Balaban J connectivity index is 2.77. The summed E-state index contributed by atoms with van der Waals surface area (Å²) in [5.74, 6) is 0.457. The average molecular weight is 236 g/mol. The fourth-order valence-corrected chi connectivity index (χ4v) is 1.14. The van der Waals surface area contributed by atoms with Crippen LogP contribution in [0.2, 0.25) is 0 Å². The highest BCUT2D eigenvalue weighted by Gasteiger charge is 2.19. The van der Waals surface area contributed by atoms with Crippen molar-refractivity contribution in [1.82, 2.24) is 15.3 Å². The van der Waals surface area contributed by atoms with Gasteiger partial charge in [-0.25, -0.2) is 9.97 Å². The van der Waals surface area contributed by atoms with Gasteiger partial charge in [-0.1, -0.05) is 6.92 Å². The minimum atomic E-state index is -0.211. The molecular weight excluding hydrogens is 216 g/mol. The molecule has 0 saturated carbocycles. The summed E-state index contributed by atoms with van der Waals surface area (Å²) in [6, 6.07) is 0. The van der Waals surface area contributed by atoms with Gasteiger partial charge in [0.2, 0.25) is 5.95 Å². The van der Waals surface area contributed by atoms with Gasteiger partial charge in [-0.2, -0.15) is 0 Å². The van der Waals surface area contributed by atoms with E-state index in [4.69, 9.17) is 0 Å². The summed E-state index contributed by atoms with van der Waals surface area (Å²) in [5, 5.41) is 2.94. The second-order valence-corrected chi connectivity index (χ2v) is 4.86. The predicted molar refractivity (Wildman–Crippen MR) is 68.2 cm³/mol. The Morgan fingerprint density at radius 2 is 1.88 bits per heavy atom. The quantitative estimate of drug-likeness (QED) is 0.860. The molecule has 0 atom stereocenters. The molecule has 1 N–H and O–H groups in total. The van der Waals surface area contributed by atoms with Gasteiger partial charge in [0.05, 0.1) is 5.56 Å². The van der Waals surface area contributed by atoms with Crippen LogP contribution in [-0.4, -0.2) is 35.5 Å². The molecule has 1 aromatic heterocycles. The highest BCUT2D eigenvalue weighted by atomic mass is 16.1. The molecule has 17 heavy (non-hydrogen) atoms. The summed E-state index contributed by atoms with van der Waals surface area (Å²) in [6.45, 7) is 6.01. The lowest BCUT2D eigenvalue weighted by atomic mass is 10.0. The van der Waals surface area contributed by atoms with Crippen molar-refractivity contribution in [3.05, 3.63) is 18.0 Å². The van der Waals surface area contributed by atoms with Crippen molar-refractivity contribution in [1.29, 1.82) is 0 Å². The van der Waals surface area contributed by atoms with Crippen molar-refractivity contribution < 1.29 is 4.79 Å². The lowest BCUT2D eigenvalue weighted by Crippen LogP contribution is -2.42. The predicted octanol–water partition coefficient (Wildman–Crippen LogP) is 1.46. The number of anilines is 1. The normalized spacial score (nSPS) is 11.1. The first-order valence-electron chi connectivity index (χ1n) is 5.67. The third-order valence-corrected chi connectivity index (χ3v) is 2.64. The average Bonchev–Trinajstić information content (AvgIpc) is 2.28. The second kappa shape index (κ2) is 5.12. The van der Waals surface area contributed by atoms with Crippen LogP contribution < -0.4 is 10.2 Å². The highest BCUT2D eigenvalue weighted by Crippen LogP contribution is 2.09. The Hall–Kier alpha value is -1.65. The molecule has 94 valence electrons. The number of nitrogens with zero attached hydrogens (tertiary/aromatic N) is 3. The van der Waals surface area contributed by atoms with Crippen LogP contribution in [0, 0.1) is 0 Å². The first-order valence-corrected chi connectivity index (χ1v) is 5.67. The molecule has 0 bridgehead atoms. The van der Waals surface area contributed by atoms with E-state index in [1.807, 2.05) is 34.9 Å². The number of amides is 1. The van der Waals surface area contributed by atoms with Crippen molar-refractivity contribution in [2.45, 2.75) is 32.7 Å². The van der Waals surface area contributed by atoms with E-state index in [0.717, 1.165) is 6.42 Å². The van der Waals surface area contributed by atoms with Crippen LogP contribution in [0.3, 0.4) is 0 Å². The first kappa shape index (κ1) is 13.4. The molecule has 1 rings (SSSR count). The van der Waals surface area contributed by atoms with Gasteiger partial charge in [-0.3, -0.25) is 4.79 Å². The summed E-state index contributed by atoms with van der Waals surface area (Å²) in [5.41, 5.74) is 0.272. The van der Waals surface area contributed by atoms with Gasteiger partial charge >= 0.3 is 0 Å². The van der Waals surface area contributed by atoms with E-state index in [0.29, 0.717) is 11.5 Å². The zero-order chi connectivity index (χ0) is 13.1. The van der Waals surface area contributed by atoms with Gasteiger partial charge in [-0.05, 0) is 20.3 Å². The monoisotopic (exact) mass is 236 g/mol. The second-order valence-electron chi connectivity index (χ2n) is 4.86. The Bertz CT molecular complexity index is 384. The lowest BCUT2D eigenvalue weighted by molar-refractivity contribution is 0.0910. The van der Waals surface area contributed by atoms with Crippen LogP contribution in [0.5, 0.6) is 0 Å². The standard InChI is InChI=1S/C12H20N4O/c1-6-12(2,3)15-10(17)9-7-13-11(14-8-9)16(4)5/h7-8H,6H2,1-5H3,(H,15,17). The van der Waals surface area contributed by atoms with E-state index in [1.165, 1.54) is 0 Å². The molecule has 5 heteroatoms. The molecule has 0 saturated heterocycles. The Kier molecular flexibility index (Phi) is 4.04. The maximum Gasteiger partial charge on any atom is 0.254 e. The van der Waals surface area contributed by atoms with Crippen LogP contribution in [0.15, 0.2) is 12.4 Å². The van der Waals surface area contributed by atoms with Gasteiger partial charge in [0.15, 0.2) is 0 Å². The van der Waals surface area contributed by atoms with Crippen molar-refractivity contribution in [3.8, 4) is 0 Å². The van der Waals surface area contributed by atoms with E-state index >= 15 is 0 Å². The minimum absolute atomic E-state index is 0.137. The smallest absolute Gasteiger partial charge is 0.254 e. The van der Waals surface area contributed by atoms with Crippen molar-refractivity contribution in [2.75, 3.05) is 19.0 Å². The number of carbonyl (C=O) groups is 1. The zero-order valence-electron chi connectivity index (χ0n) is 11.1. The molecule has 0 aliphatic carbocycles. The van der Waals surface area contributed by atoms with Gasteiger partial charge in [0, 0.05) is 32.0 Å². The number of hydrogen-bond acceptors (Lipinski definition) is 4. The SMILES string of the molecule is CCC(C)(C)NC(=O)c1cnc(N(C)C)nc1. The van der Waals surface area contributed by atoms with Crippen LogP contribution in [0.1, 0.15) is 37.6 Å². The Morgan fingerprint density at radius 3 is 2.29 bits per heavy atom. The van der Waals surface area contributed by atoms with E-state index in [2.05, 4.69) is 15.3 Å². The fraction of sp³-hybridized carbons (Fsp3) is 0.583. The van der Waals surface area contributed by atoms with Gasteiger partial charge in [0.1, 0.15) is 0 Å². The first-order chi connectivity index (χ1) is 7.85. The molecule has 1 aromatic rings. The highest BCUT2D eigenvalue weighted by molar-refractivity contribution is 5.94. The summed E-state index contributed by atoms with van der Waals surface area (Å²) in [4.78, 5) is 21.9. The molecule has 1 amide bonds. The van der Waals surface area contributed by atoms with Crippen LogP contribution in [-0.2, 0) is 0 Å². The molecule has 0 aliphatic heterocycles. The van der Waals surface area contributed by atoms with Gasteiger partial charge in [0.25, 0.3) is 5.91 Å². The number of aromatic nitrogens is 2. The number of hydrogen-bond donors (Lipinski definition) is 1.